The first kappa shape index (κ1) is 16.6. The van der Waals surface area contributed by atoms with Gasteiger partial charge in [-0.2, -0.15) is 0 Å². The molecule has 5 nitrogen and oxygen atoms in total. The lowest BCUT2D eigenvalue weighted by molar-refractivity contribution is 0.355. The average molecular weight is 365 g/mol. The molecule has 2 aromatic heterocycles. The second-order valence-electron chi connectivity index (χ2n) is 5.80. The Morgan fingerprint density at radius 3 is 2.46 bits per heavy atom. The SMILES string of the molecule is COc1ccc(-c2nc3sc(-c4ccccc4)cn3c2CN)cc1OC. The number of fused-ring (bicyclic) bond motifs is 1. The molecule has 0 radical (unpaired) electrons. The summed E-state index contributed by atoms with van der Waals surface area (Å²) >= 11 is 1.65. The molecule has 0 aliphatic rings. The summed E-state index contributed by atoms with van der Waals surface area (Å²) in [6.07, 6.45) is 2.11. The Kier molecular flexibility index (Phi) is 4.36. The highest BCUT2D eigenvalue weighted by Gasteiger charge is 2.17. The first-order chi connectivity index (χ1) is 12.7. The van der Waals surface area contributed by atoms with Crippen LogP contribution in [-0.2, 0) is 6.54 Å². The van der Waals surface area contributed by atoms with Crippen LogP contribution in [0.15, 0.2) is 54.7 Å². The molecule has 4 rings (SSSR count). The third-order valence-electron chi connectivity index (χ3n) is 4.33. The van der Waals surface area contributed by atoms with Crippen LogP contribution in [0, 0.1) is 0 Å². The van der Waals surface area contributed by atoms with Gasteiger partial charge in [0.2, 0.25) is 0 Å². The van der Waals surface area contributed by atoms with Crippen molar-refractivity contribution in [3.63, 3.8) is 0 Å². The van der Waals surface area contributed by atoms with Crippen LogP contribution < -0.4 is 15.2 Å². The Hall–Kier alpha value is -2.83. The van der Waals surface area contributed by atoms with Crippen LogP contribution in [0.5, 0.6) is 11.5 Å². The molecule has 0 aliphatic heterocycles. The molecule has 6 heteroatoms. The number of aromatic nitrogens is 2. The summed E-state index contributed by atoms with van der Waals surface area (Å²) in [6.45, 7) is 0.399. The van der Waals surface area contributed by atoms with Crippen LogP contribution in [0.2, 0.25) is 0 Å². The van der Waals surface area contributed by atoms with Crippen molar-refractivity contribution in [1.82, 2.24) is 9.38 Å². The summed E-state index contributed by atoms with van der Waals surface area (Å²) < 4.78 is 12.8. The summed E-state index contributed by atoms with van der Waals surface area (Å²) in [7, 11) is 3.25. The van der Waals surface area contributed by atoms with Crippen molar-refractivity contribution in [3.8, 4) is 33.2 Å². The maximum atomic E-state index is 6.06. The number of rotatable bonds is 5. The zero-order chi connectivity index (χ0) is 18.1. The van der Waals surface area contributed by atoms with Gasteiger partial charge in [-0.3, -0.25) is 4.40 Å². The van der Waals surface area contributed by atoms with Crippen LogP contribution in [0.4, 0.5) is 0 Å². The highest BCUT2D eigenvalue weighted by molar-refractivity contribution is 7.20. The topological polar surface area (TPSA) is 61.8 Å². The first-order valence-corrected chi connectivity index (χ1v) is 9.05. The molecule has 4 aromatic rings. The van der Waals surface area contributed by atoms with Gasteiger partial charge < -0.3 is 15.2 Å². The maximum absolute atomic E-state index is 6.06. The predicted molar refractivity (Wildman–Crippen MR) is 105 cm³/mol. The van der Waals surface area contributed by atoms with Crippen molar-refractivity contribution < 1.29 is 9.47 Å². The molecule has 0 spiro atoms. The monoisotopic (exact) mass is 365 g/mol. The summed E-state index contributed by atoms with van der Waals surface area (Å²) in [6, 6.07) is 16.1. The number of hydrogen-bond acceptors (Lipinski definition) is 5. The molecule has 0 saturated heterocycles. The quantitative estimate of drug-likeness (QED) is 0.576. The summed E-state index contributed by atoms with van der Waals surface area (Å²) in [5.41, 5.74) is 10.1. The van der Waals surface area contributed by atoms with Crippen LogP contribution in [0.1, 0.15) is 5.69 Å². The molecule has 0 bridgehead atoms. The standard InChI is InChI=1S/C20H19N3O2S/c1-24-16-9-8-14(10-17(16)25-2)19-15(11-21)23-12-18(26-20(23)22-19)13-6-4-3-5-7-13/h3-10,12H,11,21H2,1-2H3. The van der Waals surface area contributed by atoms with E-state index in [1.165, 1.54) is 10.4 Å². The van der Waals surface area contributed by atoms with Crippen molar-refractivity contribution in [2.45, 2.75) is 6.54 Å². The zero-order valence-corrected chi connectivity index (χ0v) is 15.4. The summed E-state index contributed by atoms with van der Waals surface area (Å²) in [5, 5.41) is 0. The van der Waals surface area contributed by atoms with Crippen LogP contribution >= 0.6 is 11.3 Å². The molecule has 0 aliphatic carbocycles. The Labute approximate surface area is 155 Å². The number of benzene rings is 2. The fraction of sp³-hybridized carbons (Fsp3) is 0.150. The van der Waals surface area contributed by atoms with Gasteiger partial charge in [-0.1, -0.05) is 41.7 Å². The van der Waals surface area contributed by atoms with Crippen molar-refractivity contribution >= 4 is 16.3 Å². The van der Waals surface area contributed by atoms with Crippen molar-refractivity contribution in [2.24, 2.45) is 5.73 Å². The zero-order valence-electron chi connectivity index (χ0n) is 14.6. The van der Waals surface area contributed by atoms with E-state index in [1.54, 1.807) is 25.6 Å². The molecule has 0 atom stereocenters. The normalized spacial score (nSPS) is 11.0. The van der Waals surface area contributed by atoms with E-state index in [0.717, 1.165) is 21.9 Å². The molecule has 2 heterocycles. The fourth-order valence-electron chi connectivity index (χ4n) is 3.04. The second-order valence-corrected chi connectivity index (χ2v) is 6.80. The lowest BCUT2D eigenvalue weighted by Gasteiger charge is -2.09. The molecular formula is C20H19N3O2S. The molecule has 0 saturated carbocycles. The minimum atomic E-state index is 0.399. The van der Waals surface area contributed by atoms with Gasteiger partial charge in [-0.15, -0.1) is 0 Å². The van der Waals surface area contributed by atoms with Gasteiger partial charge in [-0.05, 0) is 23.8 Å². The summed E-state index contributed by atoms with van der Waals surface area (Å²) in [4.78, 5) is 6.93. The number of imidazole rings is 1. The van der Waals surface area contributed by atoms with Crippen molar-refractivity contribution in [1.29, 1.82) is 0 Å². The first-order valence-electron chi connectivity index (χ1n) is 8.23. The predicted octanol–water partition coefficient (Wildman–Crippen LogP) is 4.21. The highest BCUT2D eigenvalue weighted by Crippen LogP contribution is 2.36. The molecule has 0 fully saturated rings. The van der Waals surface area contributed by atoms with E-state index in [0.29, 0.717) is 18.0 Å². The van der Waals surface area contributed by atoms with Gasteiger partial charge in [0.1, 0.15) is 0 Å². The molecule has 2 N–H and O–H groups in total. The number of nitrogens with two attached hydrogens (primary N) is 1. The van der Waals surface area contributed by atoms with Gasteiger partial charge in [0, 0.05) is 18.3 Å². The molecule has 0 unspecified atom stereocenters. The van der Waals surface area contributed by atoms with E-state index < -0.39 is 0 Å². The van der Waals surface area contributed by atoms with Crippen LogP contribution in [-0.4, -0.2) is 23.6 Å². The van der Waals surface area contributed by atoms with Crippen molar-refractivity contribution in [2.75, 3.05) is 14.2 Å². The van der Waals surface area contributed by atoms with Gasteiger partial charge in [0.05, 0.1) is 30.5 Å². The Morgan fingerprint density at radius 1 is 1.00 bits per heavy atom. The molecular weight excluding hydrogens is 346 g/mol. The third-order valence-corrected chi connectivity index (χ3v) is 5.37. The van der Waals surface area contributed by atoms with Gasteiger partial charge in [-0.25, -0.2) is 4.98 Å². The Morgan fingerprint density at radius 2 is 1.77 bits per heavy atom. The minimum absolute atomic E-state index is 0.399. The lowest BCUT2D eigenvalue weighted by atomic mass is 10.1. The van der Waals surface area contributed by atoms with Crippen LogP contribution in [0.25, 0.3) is 26.7 Å². The average Bonchev–Trinajstić information content (AvgIpc) is 3.25. The molecule has 26 heavy (non-hydrogen) atoms. The van der Waals surface area contributed by atoms with Gasteiger partial charge in [0.15, 0.2) is 16.5 Å². The largest absolute Gasteiger partial charge is 0.493 e. The number of methoxy groups -OCH3 is 2. The minimum Gasteiger partial charge on any atom is -0.493 e. The van der Waals surface area contributed by atoms with E-state index >= 15 is 0 Å². The van der Waals surface area contributed by atoms with E-state index in [2.05, 4.69) is 22.7 Å². The second kappa shape index (κ2) is 6.82. The number of hydrogen-bond donors (Lipinski definition) is 1. The van der Waals surface area contributed by atoms with Crippen molar-refractivity contribution in [3.05, 3.63) is 60.4 Å². The lowest BCUT2D eigenvalue weighted by Crippen LogP contribution is -2.02. The van der Waals surface area contributed by atoms with E-state index in [9.17, 15) is 0 Å². The Bertz CT molecular complexity index is 1050. The van der Waals surface area contributed by atoms with E-state index in [-0.39, 0.29) is 0 Å². The molecule has 0 amide bonds. The highest BCUT2D eigenvalue weighted by atomic mass is 32.1. The fourth-order valence-corrected chi connectivity index (χ4v) is 4.04. The maximum Gasteiger partial charge on any atom is 0.195 e. The van der Waals surface area contributed by atoms with E-state index in [1.807, 2.05) is 36.4 Å². The van der Waals surface area contributed by atoms with Crippen LogP contribution in [0.3, 0.4) is 0 Å². The number of thiazole rings is 1. The van der Waals surface area contributed by atoms with Gasteiger partial charge >= 0.3 is 0 Å². The third kappa shape index (κ3) is 2.73. The Balaban J connectivity index is 1.83. The molecule has 132 valence electrons. The van der Waals surface area contributed by atoms with E-state index in [4.69, 9.17) is 20.2 Å². The molecule has 2 aromatic carbocycles. The van der Waals surface area contributed by atoms with Gasteiger partial charge in [0.25, 0.3) is 0 Å². The summed E-state index contributed by atoms with van der Waals surface area (Å²) in [5.74, 6) is 1.37. The number of nitrogens with zero attached hydrogens (tertiary/aromatic N) is 2. The number of ether oxygens (including phenoxy) is 2. The smallest absolute Gasteiger partial charge is 0.195 e.